The maximum absolute atomic E-state index is 11.1. The number of esters is 3. The molecule has 0 spiro atoms. The van der Waals surface area contributed by atoms with Crippen LogP contribution in [0.25, 0.3) is 0 Å². The van der Waals surface area contributed by atoms with Gasteiger partial charge in [-0.25, -0.2) is 14.4 Å². The van der Waals surface area contributed by atoms with Gasteiger partial charge < -0.3 is 35.7 Å². The van der Waals surface area contributed by atoms with Gasteiger partial charge in [0.05, 0.1) is 12.2 Å². The summed E-state index contributed by atoms with van der Waals surface area (Å²) in [5.41, 5.74) is 1.76. The van der Waals surface area contributed by atoms with Gasteiger partial charge in [-0.05, 0) is 67.9 Å². The molecule has 0 saturated carbocycles. The molecule has 0 aromatic carbocycles. The van der Waals surface area contributed by atoms with Crippen molar-refractivity contribution < 1.29 is 187 Å². The zero-order chi connectivity index (χ0) is 31.1. The molecule has 0 aromatic heterocycles. The summed E-state index contributed by atoms with van der Waals surface area (Å²) < 4.78 is 9.20. The summed E-state index contributed by atoms with van der Waals surface area (Å²) in [5.74, 6) is -2.56. The van der Waals surface area contributed by atoms with Crippen molar-refractivity contribution in [3.63, 3.8) is 0 Å². The molecule has 0 saturated heterocycles. The van der Waals surface area contributed by atoms with Gasteiger partial charge in [0.1, 0.15) is 6.29 Å². The van der Waals surface area contributed by atoms with E-state index in [9.17, 15) is 29.1 Å². The summed E-state index contributed by atoms with van der Waals surface area (Å²) in [6, 6.07) is 0. The number of carbonyl (C=O) groups is 6. The number of carboxylic acid groups (broad SMARTS) is 1. The minimum Gasteiger partial charge on any atom is -1.00 e. The number of carbonyl (C=O) groups excluding carboxylic acids is 6. The molecule has 0 aliphatic heterocycles. The third kappa shape index (κ3) is 50.1. The smallest absolute Gasteiger partial charge is 1.00 e. The molecule has 218 valence electrons. The molecule has 0 atom stereocenters. The second-order valence-electron chi connectivity index (χ2n) is 6.49. The Labute approximate surface area is 352 Å². The van der Waals surface area contributed by atoms with Crippen LogP contribution in [0.5, 0.6) is 0 Å². The fraction of sp³-hybridized carbons (Fsp3) is 0.407. The zero-order valence-electron chi connectivity index (χ0n) is 27.8. The number of hydrogen-bond donors (Lipinski definition) is 0. The Bertz CT molecular complexity index is 847. The number of aliphatic carboxylic acids is 1. The van der Waals surface area contributed by atoms with Crippen LogP contribution >= 0.6 is 0 Å². The van der Waals surface area contributed by atoms with Crippen molar-refractivity contribution >= 4 is 36.6 Å². The van der Waals surface area contributed by atoms with E-state index in [-0.39, 0.29) is 152 Å². The summed E-state index contributed by atoms with van der Waals surface area (Å²) in [7, 11) is 0. The van der Waals surface area contributed by atoms with Gasteiger partial charge in [0.2, 0.25) is 0 Å². The van der Waals surface area contributed by atoms with E-state index in [0.29, 0.717) is 23.1 Å². The predicted molar refractivity (Wildman–Crippen MR) is 139 cm³/mol. The molecule has 0 heterocycles. The molecule has 0 amide bonds. The largest absolute Gasteiger partial charge is 1.00 e. The number of hydrogen-bond acceptors (Lipinski definition) is 11. The van der Waals surface area contributed by atoms with E-state index in [1.54, 1.807) is 79.7 Å². The van der Waals surface area contributed by atoms with Crippen LogP contribution in [0.2, 0.25) is 0 Å². The summed E-state index contributed by atoms with van der Waals surface area (Å²) in [4.78, 5) is 63.1. The number of carboxylic acids is 1. The quantitative estimate of drug-likeness (QED) is 0.0378. The number of allylic oxidation sites excluding steroid dienone is 5. The van der Waals surface area contributed by atoms with E-state index >= 15 is 0 Å². The van der Waals surface area contributed by atoms with Crippen molar-refractivity contribution in [2.75, 3.05) is 0 Å². The molecule has 0 bridgehead atoms. The van der Waals surface area contributed by atoms with Crippen LogP contribution in [0.4, 0.5) is 0 Å². The molecule has 0 aromatic rings. The van der Waals surface area contributed by atoms with Gasteiger partial charge >= 0.3 is 150 Å². The monoisotopic (exact) mass is 642 g/mol. The van der Waals surface area contributed by atoms with Gasteiger partial charge in [-0.15, -0.1) is 0 Å². The van der Waals surface area contributed by atoms with Gasteiger partial charge in [0.25, 0.3) is 6.47 Å². The minimum absolute atomic E-state index is 0. The van der Waals surface area contributed by atoms with E-state index < -0.39 is 17.9 Å². The Morgan fingerprint density at radius 2 is 1.00 bits per heavy atom. The summed E-state index contributed by atoms with van der Waals surface area (Å²) in [6.07, 6.45) is 11.0. The first-order valence-corrected chi connectivity index (χ1v) is 11.2. The first-order valence-electron chi connectivity index (χ1n) is 11.2. The topological polar surface area (TPSA) is 176 Å². The molecule has 0 fully saturated rings. The third-order valence-corrected chi connectivity index (χ3v) is 3.72. The Hall–Kier alpha value is 0.153. The van der Waals surface area contributed by atoms with Crippen molar-refractivity contribution in [2.24, 2.45) is 0 Å². The second-order valence-corrected chi connectivity index (χ2v) is 6.49. The SMILES string of the molecule is C/C=C(\C)C(=O)OC(=O)/C(C)=C/C.C/C=C(\C)C(=O)[O-].C/C=C/OC(=O)/C(C)=C/C.CCC=O.O=CO[O-].[H-].[K+].[K+].[Na+]. The average molecular weight is 643 g/mol. The number of aldehydes is 1. The number of ether oxygens (including phenoxy) is 2. The first kappa shape index (κ1) is 60.4. The number of rotatable bonds is 7. The van der Waals surface area contributed by atoms with E-state index in [1.165, 1.54) is 19.3 Å². The van der Waals surface area contributed by atoms with Gasteiger partial charge in [0, 0.05) is 23.1 Å². The standard InChI is InChI=1S/C10H14O3.C8H12O2.C5H8O2.C3H6O.CH2O3.2K.Na.H/c1-5-7(3)9(11)13-10(12)8(4)6-2;1-4-6-10-8(9)7(3)5-2;1-3-4(2)5(6)7;1-2-3-4;2-1-4-3;;;;/h5-6H,1-4H3;4-6H,1-3H3;3H,1-2H3,(H,6,7);3H,2H2,1H3;1,3H;;;;/q;;;;;3*+1;-1/p-2/b7-5+,8-6+;6-4+,7-5+;4-3+;;;;;;. The molecule has 0 rings (SSSR count). The summed E-state index contributed by atoms with van der Waals surface area (Å²) in [5, 5.41) is 18.2. The fourth-order valence-corrected chi connectivity index (χ4v) is 0.939. The second kappa shape index (κ2) is 47.1. The molecule has 0 N–H and O–H groups in total. The van der Waals surface area contributed by atoms with Crippen LogP contribution in [-0.2, 0) is 43.1 Å². The van der Waals surface area contributed by atoms with Gasteiger partial charge in [0.15, 0.2) is 0 Å². The van der Waals surface area contributed by atoms with Crippen molar-refractivity contribution in [1.29, 1.82) is 0 Å². The maximum atomic E-state index is 11.1. The van der Waals surface area contributed by atoms with Crippen LogP contribution in [0.1, 0.15) is 77.1 Å². The predicted octanol–water partition coefficient (Wildman–Crippen LogP) is -6.13. The van der Waals surface area contributed by atoms with Crippen LogP contribution < -0.4 is 143 Å². The van der Waals surface area contributed by atoms with Crippen molar-refractivity contribution in [3.8, 4) is 0 Å². The average Bonchev–Trinajstić information content (AvgIpc) is 2.94. The minimum atomic E-state index is -1.09. The van der Waals surface area contributed by atoms with Crippen molar-refractivity contribution in [3.05, 3.63) is 58.9 Å². The van der Waals surface area contributed by atoms with E-state index in [2.05, 4.69) is 14.4 Å². The third-order valence-electron chi connectivity index (χ3n) is 3.72. The van der Waals surface area contributed by atoms with Crippen LogP contribution in [0.15, 0.2) is 58.9 Å². The van der Waals surface area contributed by atoms with Crippen LogP contribution in [0, 0.1) is 0 Å². The van der Waals surface area contributed by atoms with Gasteiger partial charge in [-0.3, -0.25) is 4.79 Å². The molecular weight excluding hydrogens is 601 g/mol. The molecule has 0 unspecified atom stereocenters. The Morgan fingerprint density at radius 3 is 1.17 bits per heavy atom. The Kier molecular flexibility index (Phi) is 69.3. The Morgan fingerprint density at radius 1 is 0.707 bits per heavy atom. The molecule has 41 heavy (non-hydrogen) atoms. The molecule has 14 heteroatoms. The molecule has 0 aliphatic rings. The molecule has 0 radical (unpaired) electrons. The fourth-order valence-electron chi connectivity index (χ4n) is 0.939. The van der Waals surface area contributed by atoms with Crippen molar-refractivity contribution in [1.82, 2.24) is 0 Å². The van der Waals surface area contributed by atoms with Crippen LogP contribution in [-0.4, -0.2) is 36.6 Å². The van der Waals surface area contributed by atoms with Crippen LogP contribution in [0.3, 0.4) is 0 Å². The van der Waals surface area contributed by atoms with Gasteiger partial charge in [-0.2, -0.15) is 0 Å². The van der Waals surface area contributed by atoms with E-state index in [4.69, 9.17) is 10.1 Å². The van der Waals surface area contributed by atoms with Crippen molar-refractivity contribution in [2.45, 2.75) is 75.7 Å². The molecule has 11 nitrogen and oxygen atoms in total. The summed E-state index contributed by atoms with van der Waals surface area (Å²) >= 11 is 0. The molecule has 0 aliphatic carbocycles. The first-order chi connectivity index (χ1) is 17.8. The zero-order valence-corrected chi connectivity index (χ0v) is 35.1. The maximum Gasteiger partial charge on any atom is 1.00 e. The normalized spacial score (nSPS) is 10.0. The Balaban J connectivity index is -0.0000000483. The summed E-state index contributed by atoms with van der Waals surface area (Å²) in [6.45, 7) is 16.7. The van der Waals surface area contributed by atoms with Gasteiger partial charge in [-0.1, -0.05) is 37.3 Å². The van der Waals surface area contributed by atoms with E-state index in [1.807, 2.05) is 6.92 Å². The van der Waals surface area contributed by atoms with E-state index in [0.717, 1.165) is 6.29 Å². The molecular formula is C27H41K2NaO11.